The van der Waals surface area contributed by atoms with Crippen molar-refractivity contribution in [1.29, 1.82) is 0 Å². The summed E-state index contributed by atoms with van der Waals surface area (Å²) in [5.41, 5.74) is 0. The molecule has 0 aromatic carbocycles. The number of piperazine rings is 1. The molecule has 0 saturated carbocycles. The Balaban J connectivity index is 0.00000182. The summed E-state index contributed by atoms with van der Waals surface area (Å²) in [5.74, 6) is 1.18. The highest BCUT2D eigenvalue weighted by atomic mass is 35.5. The third-order valence-electron chi connectivity index (χ3n) is 5.67. The van der Waals surface area contributed by atoms with E-state index in [-0.39, 0.29) is 36.6 Å². The molecule has 9 heteroatoms. The van der Waals surface area contributed by atoms with Gasteiger partial charge in [-0.25, -0.2) is 0 Å². The quantitative estimate of drug-likeness (QED) is 0.700. The molecular formula is C18H34Cl2N4O3. The Morgan fingerprint density at radius 2 is 1.44 bits per heavy atom. The van der Waals surface area contributed by atoms with E-state index in [1.165, 1.54) is 12.8 Å². The first-order valence-electron chi connectivity index (χ1n) is 9.79. The molecule has 0 aliphatic carbocycles. The van der Waals surface area contributed by atoms with E-state index in [2.05, 4.69) is 10.2 Å². The van der Waals surface area contributed by atoms with Gasteiger partial charge in [-0.05, 0) is 38.3 Å². The Hall–Kier alpha value is -0.600. The van der Waals surface area contributed by atoms with E-state index in [0.29, 0.717) is 45.2 Å². The zero-order chi connectivity index (χ0) is 17.5. The van der Waals surface area contributed by atoms with Crippen LogP contribution in [-0.2, 0) is 14.3 Å². The fraction of sp³-hybridized carbons (Fsp3) is 0.889. The number of rotatable bonds is 5. The molecule has 0 radical (unpaired) electrons. The van der Waals surface area contributed by atoms with E-state index in [1.807, 2.05) is 9.80 Å². The van der Waals surface area contributed by atoms with E-state index in [4.69, 9.17) is 4.74 Å². The van der Waals surface area contributed by atoms with Crippen LogP contribution in [-0.4, -0.2) is 98.6 Å². The van der Waals surface area contributed by atoms with Crippen molar-refractivity contribution >= 4 is 36.6 Å². The number of carbonyl (C=O) groups excluding carboxylic acids is 2. The number of nitrogens with zero attached hydrogens (tertiary/aromatic N) is 3. The van der Waals surface area contributed by atoms with Crippen LogP contribution in [0.5, 0.6) is 0 Å². The monoisotopic (exact) mass is 424 g/mol. The summed E-state index contributed by atoms with van der Waals surface area (Å²) in [6, 6.07) is 0. The maximum Gasteiger partial charge on any atom is 0.236 e. The molecular weight excluding hydrogens is 391 g/mol. The van der Waals surface area contributed by atoms with E-state index in [1.54, 1.807) is 0 Å². The average molecular weight is 425 g/mol. The van der Waals surface area contributed by atoms with Gasteiger partial charge in [0.2, 0.25) is 11.8 Å². The zero-order valence-corrected chi connectivity index (χ0v) is 17.7. The van der Waals surface area contributed by atoms with Crippen molar-refractivity contribution in [2.45, 2.75) is 25.7 Å². The summed E-state index contributed by atoms with van der Waals surface area (Å²) < 4.78 is 5.29. The van der Waals surface area contributed by atoms with Gasteiger partial charge in [-0.1, -0.05) is 0 Å². The Kier molecular flexibility index (Phi) is 11.6. The van der Waals surface area contributed by atoms with Crippen molar-refractivity contribution in [3.05, 3.63) is 0 Å². The summed E-state index contributed by atoms with van der Waals surface area (Å²) in [6.45, 7) is 8.45. The molecule has 0 aromatic heterocycles. The van der Waals surface area contributed by atoms with Gasteiger partial charge in [-0.15, -0.1) is 24.8 Å². The number of morpholine rings is 1. The Labute approximate surface area is 174 Å². The summed E-state index contributed by atoms with van der Waals surface area (Å²) in [6.07, 6.45) is 4.10. The molecule has 3 aliphatic heterocycles. The van der Waals surface area contributed by atoms with Gasteiger partial charge in [0.15, 0.2) is 0 Å². The number of amides is 2. The first-order chi connectivity index (χ1) is 12.2. The fourth-order valence-corrected chi connectivity index (χ4v) is 3.92. The van der Waals surface area contributed by atoms with E-state index < -0.39 is 0 Å². The number of hydrogen-bond acceptors (Lipinski definition) is 5. The van der Waals surface area contributed by atoms with Crippen molar-refractivity contribution in [2.75, 3.05) is 72.1 Å². The van der Waals surface area contributed by atoms with Crippen LogP contribution in [0.15, 0.2) is 0 Å². The van der Waals surface area contributed by atoms with Crippen LogP contribution in [0.4, 0.5) is 0 Å². The fourth-order valence-electron chi connectivity index (χ4n) is 3.92. The van der Waals surface area contributed by atoms with Crippen LogP contribution < -0.4 is 5.32 Å². The Morgan fingerprint density at radius 3 is 2.07 bits per heavy atom. The summed E-state index contributed by atoms with van der Waals surface area (Å²) in [7, 11) is 0. The number of carbonyl (C=O) groups is 2. The van der Waals surface area contributed by atoms with Gasteiger partial charge in [-0.2, -0.15) is 0 Å². The van der Waals surface area contributed by atoms with Crippen LogP contribution >= 0.6 is 24.8 Å². The molecule has 0 spiro atoms. The topological polar surface area (TPSA) is 65.1 Å². The Bertz CT molecular complexity index is 450. The molecule has 0 unspecified atom stereocenters. The zero-order valence-electron chi connectivity index (χ0n) is 16.1. The molecule has 1 N–H and O–H groups in total. The molecule has 3 heterocycles. The SMILES string of the molecule is Cl.Cl.O=C(CCC1CCNCC1)N1CCN(CC(=O)N2CCOCC2)CC1. The van der Waals surface area contributed by atoms with Crippen molar-refractivity contribution in [1.82, 2.24) is 20.0 Å². The lowest BCUT2D eigenvalue weighted by molar-refractivity contribution is -0.138. The molecule has 158 valence electrons. The minimum Gasteiger partial charge on any atom is -0.378 e. The van der Waals surface area contributed by atoms with Crippen LogP contribution in [0.25, 0.3) is 0 Å². The number of halogens is 2. The second-order valence-electron chi connectivity index (χ2n) is 7.38. The van der Waals surface area contributed by atoms with Gasteiger partial charge in [0, 0.05) is 45.7 Å². The van der Waals surface area contributed by atoms with Crippen LogP contribution in [0.2, 0.25) is 0 Å². The summed E-state index contributed by atoms with van der Waals surface area (Å²) >= 11 is 0. The summed E-state index contributed by atoms with van der Waals surface area (Å²) in [4.78, 5) is 30.8. The molecule has 7 nitrogen and oxygen atoms in total. The van der Waals surface area contributed by atoms with Crippen LogP contribution in [0.1, 0.15) is 25.7 Å². The maximum absolute atomic E-state index is 12.4. The number of nitrogens with one attached hydrogen (secondary N) is 1. The van der Waals surface area contributed by atoms with Gasteiger partial charge in [-0.3, -0.25) is 14.5 Å². The third kappa shape index (κ3) is 7.74. The lowest BCUT2D eigenvalue weighted by atomic mass is 9.93. The second-order valence-corrected chi connectivity index (χ2v) is 7.38. The molecule has 27 heavy (non-hydrogen) atoms. The third-order valence-corrected chi connectivity index (χ3v) is 5.67. The largest absolute Gasteiger partial charge is 0.378 e. The van der Waals surface area contributed by atoms with Crippen molar-refractivity contribution in [3.8, 4) is 0 Å². The predicted molar refractivity (Wildman–Crippen MR) is 110 cm³/mol. The average Bonchev–Trinajstić information content (AvgIpc) is 2.68. The highest BCUT2D eigenvalue weighted by Gasteiger charge is 2.25. The summed E-state index contributed by atoms with van der Waals surface area (Å²) in [5, 5.41) is 3.37. The molecule has 3 rings (SSSR count). The first kappa shape index (κ1) is 24.4. The highest BCUT2D eigenvalue weighted by Crippen LogP contribution is 2.18. The maximum atomic E-state index is 12.4. The molecule has 0 atom stereocenters. The van der Waals surface area contributed by atoms with Crippen LogP contribution in [0.3, 0.4) is 0 Å². The van der Waals surface area contributed by atoms with Gasteiger partial charge >= 0.3 is 0 Å². The first-order valence-corrected chi connectivity index (χ1v) is 9.79. The van der Waals surface area contributed by atoms with Gasteiger partial charge in [0.05, 0.1) is 19.8 Å². The van der Waals surface area contributed by atoms with E-state index in [9.17, 15) is 9.59 Å². The number of piperidine rings is 1. The lowest BCUT2D eigenvalue weighted by Gasteiger charge is -2.36. The minimum absolute atomic E-state index is 0. The molecule has 3 aliphatic rings. The molecule has 3 saturated heterocycles. The minimum atomic E-state index is 0. The molecule has 3 fully saturated rings. The molecule has 0 bridgehead atoms. The van der Waals surface area contributed by atoms with E-state index in [0.717, 1.165) is 45.7 Å². The number of ether oxygens (including phenoxy) is 1. The van der Waals surface area contributed by atoms with Gasteiger partial charge in [0.1, 0.15) is 0 Å². The standard InChI is InChI=1S/C18H32N4O3.2ClH/c23-17(2-1-16-3-5-19-6-4-16)21-9-7-20(8-10-21)15-18(24)22-11-13-25-14-12-22;;/h16,19H,1-15H2;2*1H. The van der Waals surface area contributed by atoms with Gasteiger partial charge < -0.3 is 19.9 Å². The number of hydrogen-bond donors (Lipinski definition) is 1. The van der Waals surface area contributed by atoms with E-state index >= 15 is 0 Å². The van der Waals surface area contributed by atoms with Crippen molar-refractivity contribution in [2.24, 2.45) is 5.92 Å². The molecule has 2 amide bonds. The van der Waals surface area contributed by atoms with Crippen molar-refractivity contribution < 1.29 is 14.3 Å². The predicted octanol–water partition coefficient (Wildman–Crippen LogP) is 0.613. The van der Waals surface area contributed by atoms with Gasteiger partial charge in [0.25, 0.3) is 0 Å². The lowest BCUT2D eigenvalue weighted by Crippen LogP contribution is -2.52. The normalized spacial score (nSPS) is 21.9. The molecule has 0 aromatic rings. The smallest absolute Gasteiger partial charge is 0.236 e. The van der Waals surface area contributed by atoms with Crippen molar-refractivity contribution in [3.63, 3.8) is 0 Å². The second kappa shape index (κ2) is 12.8. The Morgan fingerprint density at radius 1 is 0.852 bits per heavy atom. The highest BCUT2D eigenvalue weighted by molar-refractivity contribution is 5.85. The van der Waals surface area contributed by atoms with Crippen LogP contribution in [0, 0.1) is 5.92 Å².